The summed E-state index contributed by atoms with van der Waals surface area (Å²) < 4.78 is 17.1. The van der Waals surface area contributed by atoms with E-state index in [0.29, 0.717) is 34.7 Å². The van der Waals surface area contributed by atoms with Crippen molar-refractivity contribution in [3.05, 3.63) is 59.9 Å². The van der Waals surface area contributed by atoms with Crippen LogP contribution in [0.15, 0.2) is 54.2 Å². The van der Waals surface area contributed by atoms with Crippen molar-refractivity contribution < 1.29 is 19.0 Å². The summed E-state index contributed by atoms with van der Waals surface area (Å²) in [5, 5.41) is 9.42. The zero-order chi connectivity index (χ0) is 26.2. The number of fused-ring (bicyclic) bond motifs is 1. The third-order valence-corrected chi connectivity index (χ3v) is 6.88. The molecule has 1 fully saturated rings. The SMILES string of the molecule is COc1cc2c(Nc3nc(CC(=O)Nc4ccccc4)cs3)ncnc2cc1OCCCN1CCOCC1. The maximum Gasteiger partial charge on any atom is 0.230 e. The number of hydrogen-bond acceptors (Lipinski definition) is 10. The Labute approximate surface area is 225 Å². The lowest BCUT2D eigenvalue weighted by Crippen LogP contribution is -2.37. The van der Waals surface area contributed by atoms with Gasteiger partial charge < -0.3 is 24.8 Å². The van der Waals surface area contributed by atoms with Gasteiger partial charge in [0.2, 0.25) is 5.91 Å². The largest absolute Gasteiger partial charge is 0.493 e. The molecule has 10 nitrogen and oxygen atoms in total. The van der Waals surface area contributed by atoms with Crippen LogP contribution in [-0.4, -0.2) is 72.3 Å². The minimum Gasteiger partial charge on any atom is -0.493 e. The number of anilines is 3. The number of para-hydroxylation sites is 1. The second-order valence-electron chi connectivity index (χ2n) is 8.76. The number of ether oxygens (including phenoxy) is 3. The maximum atomic E-state index is 12.4. The standard InChI is InChI=1S/C27H30N6O4S/c1-35-23-15-21-22(16-24(23)37-11-5-8-33-9-12-36-13-10-33)28-18-29-26(21)32-27-31-20(17-38-27)14-25(34)30-19-6-3-2-4-7-19/h2-4,6-7,15-18H,5,8-14H2,1H3,(H,30,34)(H,28,29,31,32). The number of amides is 1. The molecule has 0 spiro atoms. The average Bonchev–Trinajstić information content (AvgIpc) is 3.38. The van der Waals surface area contributed by atoms with E-state index in [9.17, 15) is 4.79 Å². The van der Waals surface area contributed by atoms with Crippen LogP contribution in [0.5, 0.6) is 11.5 Å². The van der Waals surface area contributed by atoms with Crippen molar-refractivity contribution in [1.82, 2.24) is 19.9 Å². The van der Waals surface area contributed by atoms with Crippen molar-refractivity contribution in [1.29, 1.82) is 0 Å². The molecule has 198 valence electrons. The molecule has 0 bridgehead atoms. The smallest absolute Gasteiger partial charge is 0.230 e. The van der Waals surface area contributed by atoms with Crippen LogP contribution < -0.4 is 20.1 Å². The number of nitrogens with one attached hydrogen (secondary N) is 2. The highest BCUT2D eigenvalue weighted by Gasteiger charge is 2.15. The van der Waals surface area contributed by atoms with E-state index in [1.807, 2.05) is 47.8 Å². The first-order valence-electron chi connectivity index (χ1n) is 12.5. The summed E-state index contributed by atoms with van der Waals surface area (Å²) in [6, 6.07) is 13.1. The fraction of sp³-hybridized carbons (Fsp3) is 0.333. The second kappa shape index (κ2) is 12.6. The van der Waals surface area contributed by atoms with Gasteiger partial charge in [0, 0.05) is 42.2 Å². The van der Waals surface area contributed by atoms with Crippen molar-refractivity contribution in [2.24, 2.45) is 0 Å². The minimum absolute atomic E-state index is 0.122. The predicted molar refractivity (Wildman–Crippen MR) is 148 cm³/mol. The fourth-order valence-corrected chi connectivity index (χ4v) is 4.88. The number of thiazole rings is 1. The zero-order valence-corrected chi connectivity index (χ0v) is 22.0. The summed E-state index contributed by atoms with van der Waals surface area (Å²) in [6.45, 7) is 5.07. The molecule has 2 aromatic heterocycles. The minimum atomic E-state index is -0.122. The number of morpholine rings is 1. The van der Waals surface area contributed by atoms with E-state index >= 15 is 0 Å². The van der Waals surface area contributed by atoms with Gasteiger partial charge in [-0.05, 0) is 24.6 Å². The van der Waals surface area contributed by atoms with Gasteiger partial charge >= 0.3 is 0 Å². The van der Waals surface area contributed by atoms with Crippen molar-refractivity contribution in [2.75, 3.05) is 57.2 Å². The molecule has 1 aliphatic heterocycles. The van der Waals surface area contributed by atoms with Crippen LogP contribution in [0.2, 0.25) is 0 Å². The Kier molecular flexibility index (Phi) is 8.59. The number of benzene rings is 2. The van der Waals surface area contributed by atoms with Crippen LogP contribution in [0.25, 0.3) is 10.9 Å². The number of rotatable bonds is 11. The Morgan fingerprint density at radius 2 is 1.97 bits per heavy atom. The third-order valence-electron chi connectivity index (χ3n) is 6.08. The van der Waals surface area contributed by atoms with Gasteiger partial charge in [-0.25, -0.2) is 15.0 Å². The highest BCUT2D eigenvalue weighted by molar-refractivity contribution is 7.13. The first-order valence-corrected chi connectivity index (χ1v) is 13.4. The molecule has 1 saturated heterocycles. The summed E-state index contributed by atoms with van der Waals surface area (Å²) in [5.74, 6) is 1.73. The summed E-state index contributed by atoms with van der Waals surface area (Å²) in [6.07, 6.45) is 2.59. The molecule has 2 N–H and O–H groups in total. The van der Waals surface area contributed by atoms with E-state index in [-0.39, 0.29) is 12.3 Å². The van der Waals surface area contributed by atoms with Crippen LogP contribution in [0.1, 0.15) is 12.1 Å². The Bertz CT molecular complexity index is 1360. The first-order chi connectivity index (χ1) is 18.7. The molecular formula is C27H30N6O4S. The highest BCUT2D eigenvalue weighted by atomic mass is 32.1. The molecule has 1 amide bonds. The fourth-order valence-electron chi connectivity index (χ4n) is 4.17. The van der Waals surface area contributed by atoms with E-state index in [2.05, 4.69) is 30.5 Å². The summed E-state index contributed by atoms with van der Waals surface area (Å²) in [7, 11) is 1.62. The van der Waals surface area contributed by atoms with Crippen molar-refractivity contribution in [3.8, 4) is 11.5 Å². The van der Waals surface area contributed by atoms with Gasteiger partial charge in [-0.15, -0.1) is 11.3 Å². The number of methoxy groups -OCH3 is 1. The van der Waals surface area contributed by atoms with E-state index in [4.69, 9.17) is 14.2 Å². The lowest BCUT2D eigenvalue weighted by Gasteiger charge is -2.26. The Hall–Kier alpha value is -3.80. The molecule has 2 aromatic carbocycles. The van der Waals surface area contributed by atoms with Crippen molar-refractivity contribution in [3.63, 3.8) is 0 Å². The monoisotopic (exact) mass is 534 g/mol. The van der Waals surface area contributed by atoms with Crippen LogP contribution in [0.4, 0.5) is 16.6 Å². The normalized spacial score (nSPS) is 13.8. The Balaban J connectivity index is 1.22. The summed E-state index contributed by atoms with van der Waals surface area (Å²) in [4.78, 5) is 28.2. The lowest BCUT2D eigenvalue weighted by molar-refractivity contribution is -0.115. The van der Waals surface area contributed by atoms with Crippen LogP contribution in [0.3, 0.4) is 0 Å². The average molecular weight is 535 g/mol. The topological polar surface area (TPSA) is 111 Å². The molecule has 1 aliphatic rings. The van der Waals surface area contributed by atoms with Crippen LogP contribution in [-0.2, 0) is 16.0 Å². The molecule has 0 saturated carbocycles. The van der Waals surface area contributed by atoms with E-state index < -0.39 is 0 Å². The van der Waals surface area contributed by atoms with Crippen molar-refractivity contribution in [2.45, 2.75) is 12.8 Å². The second-order valence-corrected chi connectivity index (χ2v) is 9.62. The summed E-state index contributed by atoms with van der Waals surface area (Å²) in [5.41, 5.74) is 2.16. The van der Waals surface area contributed by atoms with Gasteiger partial charge in [0.15, 0.2) is 16.6 Å². The van der Waals surface area contributed by atoms with Gasteiger partial charge in [-0.1, -0.05) is 18.2 Å². The molecule has 5 rings (SSSR count). The number of aromatic nitrogens is 3. The zero-order valence-electron chi connectivity index (χ0n) is 21.2. The summed E-state index contributed by atoms with van der Waals surface area (Å²) >= 11 is 1.41. The predicted octanol–water partition coefficient (Wildman–Crippen LogP) is 4.12. The number of carbonyl (C=O) groups excluding carboxylic acids is 1. The molecular weight excluding hydrogens is 504 g/mol. The van der Waals surface area contributed by atoms with Crippen molar-refractivity contribution >= 4 is 44.8 Å². The maximum absolute atomic E-state index is 12.4. The van der Waals surface area contributed by atoms with Gasteiger partial charge in [0.1, 0.15) is 12.1 Å². The van der Waals surface area contributed by atoms with Gasteiger partial charge in [0.05, 0.1) is 44.6 Å². The quantitative estimate of drug-likeness (QED) is 0.275. The number of nitrogens with zero attached hydrogens (tertiary/aromatic N) is 4. The molecule has 3 heterocycles. The molecule has 0 unspecified atom stereocenters. The van der Waals surface area contributed by atoms with E-state index in [1.165, 1.54) is 17.7 Å². The van der Waals surface area contributed by atoms with E-state index in [1.54, 1.807) is 7.11 Å². The van der Waals surface area contributed by atoms with Gasteiger partial charge in [-0.2, -0.15) is 0 Å². The highest BCUT2D eigenvalue weighted by Crippen LogP contribution is 2.35. The van der Waals surface area contributed by atoms with Crippen LogP contribution in [0, 0.1) is 0 Å². The van der Waals surface area contributed by atoms with E-state index in [0.717, 1.165) is 55.9 Å². The Morgan fingerprint density at radius 1 is 1.13 bits per heavy atom. The molecule has 11 heteroatoms. The molecule has 0 radical (unpaired) electrons. The third kappa shape index (κ3) is 6.74. The van der Waals surface area contributed by atoms with Gasteiger partial charge in [-0.3, -0.25) is 9.69 Å². The first kappa shape index (κ1) is 25.8. The molecule has 38 heavy (non-hydrogen) atoms. The number of hydrogen-bond donors (Lipinski definition) is 2. The molecule has 4 aromatic rings. The lowest BCUT2D eigenvalue weighted by atomic mass is 10.2. The molecule has 0 atom stereocenters. The van der Waals surface area contributed by atoms with Gasteiger partial charge in [0.25, 0.3) is 0 Å². The van der Waals surface area contributed by atoms with Crippen LogP contribution >= 0.6 is 11.3 Å². The number of carbonyl (C=O) groups is 1. The molecule has 0 aliphatic carbocycles. The Morgan fingerprint density at radius 3 is 2.79 bits per heavy atom.